The second-order valence-electron chi connectivity index (χ2n) is 7.25. The fourth-order valence-corrected chi connectivity index (χ4v) is 3.63. The maximum atomic E-state index is 13.2. The summed E-state index contributed by atoms with van der Waals surface area (Å²) in [6.07, 6.45) is 0. The Labute approximate surface area is 176 Å². The van der Waals surface area contributed by atoms with Crippen molar-refractivity contribution >= 4 is 0 Å². The number of hydrogen-bond donors (Lipinski definition) is 0. The minimum atomic E-state index is -0.0702. The summed E-state index contributed by atoms with van der Waals surface area (Å²) in [5.74, 6) is 0.795. The molecule has 0 spiro atoms. The normalized spacial score (nSPS) is 14.6. The molecule has 0 N–H and O–H groups in total. The van der Waals surface area contributed by atoms with Crippen LogP contribution in [0.25, 0.3) is 22.4 Å². The van der Waals surface area contributed by atoms with E-state index < -0.39 is 0 Å². The maximum Gasteiger partial charge on any atom is 0.274 e. The zero-order valence-corrected chi connectivity index (χ0v) is 17.3. The van der Waals surface area contributed by atoms with Crippen LogP contribution in [0.4, 0.5) is 0 Å². The lowest BCUT2D eigenvalue weighted by Crippen LogP contribution is -2.39. The summed E-state index contributed by atoms with van der Waals surface area (Å²) >= 11 is 0. The SMILES string of the molecule is CCOc1cccc(-c2cc(-c3ccccc3)c(=O)n(CCN3CCOCC3)n2)c1. The smallest absolute Gasteiger partial charge is 0.274 e. The zero-order valence-electron chi connectivity index (χ0n) is 17.3. The van der Waals surface area contributed by atoms with Gasteiger partial charge in [-0.1, -0.05) is 42.5 Å². The van der Waals surface area contributed by atoms with Gasteiger partial charge in [0.05, 0.1) is 37.6 Å². The molecule has 6 nitrogen and oxygen atoms in total. The molecule has 1 aliphatic rings. The first-order valence-electron chi connectivity index (χ1n) is 10.5. The van der Waals surface area contributed by atoms with Gasteiger partial charge in [-0.3, -0.25) is 9.69 Å². The second-order valence-corrected chi connectivity index (χ2v) is 7.25. The fourth-order valence-electron chi connectivity index (χ4n) is 3.63. The molecule has 1 saturated heterocycles. The van der Waals surface area contributed by atoms with Crippen molar-refractivity contribution in [2.75, 3.05) is 39.5 Å². The Kier molecular flexibility index (Phi) is 6.57. The Balaban J connectivity index is 1.72. The van der Waals surface area contributed by atoms with Crippen molar-refractivity contribution in [3.8, 4) is 28.1 Å². The molecular formula is C24H27N3O3. The van der Waals surface area contributed by atoms with Gasteiger partial charge in [-0.15, -0.1) is 0 Å². The van der Waals surface area contributed by atoms with Crippen molar-refractivity contribution in [3.05, 3.63) is 71.0 Å². The van der Waals surface area contributed by atoms with Gasteiger partial charge in [0.1, 0.15) is 5.75 Å². The molecule has 30 heavy (non-hydrogen) atoms. The topological polar surface area (TPSA) is 56.6 Å². The van der Waals surface area contributed by atoms with Gasteiger partial charge in [-0.2, -0.15) is 5.10 Å². The van der Waals surface area contributed by atoms with Crippen LogP contribution in [0.15, 0.2) is 65.5 Å². The van der Waals surface area contributed by atoms with Crippen LogP contribution in [0, 0.1) is 0 Å². The first kappa shape index (κ1) is 20.3. The molecular weight excluding hydrogens is 378 g/mol. The zero-order chi connectivity index (χ0) is 20.8. The second kappa shape index (κ2) is 9.69. The van der Waals surface area contributed by atoms with E-state index in [2.05, 4.69) is 4.90 Å². The first-order chi connectivity index (χ1) is 14.7. The number of hydrogen-bond acceptors (Lipinski definition) is 5. The summed E-state index contributed by atoms with van der Waals surface area (Å²) in [4.78, 5) is 15.5. The van der Waals surface area contributed by atoms with Gasteiger partial charge in [0.15, 0.2) is 0 Å². The summed E-state index contributed by atoms with van der Waals surface area (Å²) in [5, 5.41) is 4.71. The monoisotopic (exact) mass is 405 g/mol. The molecule has 2 heterocycles. The Morgan fingerprint density at radius 2 is 1.73 bits per heavy atom. The van der Waals surface area contributed by atoms with Crippen LogP contribution in [0.2, 0.25) is 0 Å². The van der Waals surface area contributed by atoms with Crippen molar-refractivity contribution in [1.29, 1.82) is 0 Å². The van der Waals surface area contributed by atoms with E-state index in [-0.39, 0.29) is 5.56 Å². The molecule has 0 amide bonds. The van der Waals surface area contributed by atoms with Crippen molar-refractivity contribution in [1.82, 2.24) is 14.7 Å². The van der Waals surface area contributed by atoms with E-state index in [1.807, 2.05) is 67.6 Å². The minimum Gasteiger partial charge on any atom is -0.494 e. The van der Waals surface area contributed by atoms with Crippen molar-refractivity contribution in [3.63, 3.8) is 0 Å². The molecule has 0 unspecified atom stereocenters. The van der Waals surface area contributed by atoms with Crippen LogP contribution in [0.3, 0.4) is 0 Å². The van der Waals surface area contributed by atoms with Gasteiger partial charge in [0.2, 0.25) is 0 Å². The van der Waals surface area contributed by atoms with Gasteiger partial charge in [0.25, 0.3) is 5.56 Å². The van der Waals surface area contributed by atoms with Crippen molar-refractivity contribution in [2.45, 2.75) is 13.5 Å². The first-order valence-corrected chi connectivity index (χ1v) is 10.5. The maximum absolute atomic E-state index is 13.2. The third-order valence-corrected chi connectivity index (χ3v) is 5.23. The molecule has 0 saturated carbocycles. The van der Waals surface area contributed by atoms with E-state index in [0.717, 1.165) is 55.4 Å². The molecule has 2 aromatic carbocycles. The third kappa shape index (κ3) is 4.78. The summed E-state index contributed by atoms with van der Waals surface area (Å²) < 4.78 is 12.7. The number of ether oxygens (including phenoxy) is 2. The Hall–Kier alpha value is -2.96. The molecule has 3 aromatic rings. The lowest BCUT2D eigenvalue weighted by Gasteiger charge is -2.26. The van der Waals surface area contributed by atoms with E-state index in [1.54, 1.807) is 4.68 Å². The van der Waals surface area contributed by atoms with Crippen LogP contribution in [0.1, 0.15) is 6.92 Å². The predicted molar refractivity (Wildman–Crippen MR) is 118 cm³/mol. The fraction of sp³-hybridized carbons (Fsp3) is 0.333. The van der Waals surface area contributed by atoms with Crippen molar-refractivity contribution in [2.24, 2.45) is 0 Å². The van der Waals surface area contributed by atoms with Crippen molar-refractivity contribution < 1.29 is 9.47 Å². The van der Waals surface area contributed by atoms with Gasteiger partial charge in [0, 0.05) is 25.2 Å². The van der Waals surface area contributed by atoms with Crippen LogP contribution >= 0.6 is 0 Å². The molecule has 0 atom stereocenters. The predicted octanol–water partition coefficient (Wildman–Crippen LogP) is 3.31. The van der Waals surface area contributed by atoms with Crippen LogP contribution in [0.5, 0.6) is 5.75 Å². The molecule has 0 bridgehead atoms. The number of aromatic nitrogens is 2. The van der Waals surface area contributed by atoms with E-state index in [9.17, 15) is 4.79 Å². The summed E-state index contributed by atoms with van der Waals surface area (Å²) in [5.41, 5.74) is 3.17. The standard InChI is InChI=1S/C24H27N3O3/c1-2-30-21-10-6-9-20(17-21)23-18-22(19-7-4-3-5-8-19)24(28)27(25-23)12-11-26-13-15-29-16-14-26/h3-10,17-18H,2,11-16H2,1H3. The average Bonchev–Trinajstić information content (AvgIpc) is 2.80. The number of nitrogens with zero attached hydrogens (tertiary/aromatic N) is 3. The molecule has 156 valence electrons. The highest BCUT2D eigenvalue weighted by Gasteiger charge is 2.15. The quantitative estimate of drug-likeness (QED) is 0.604. The molecule has 0 aliphatic carbocycles. The molecule has 1 fully saturated rings. The van der Waals surface area contributed by atoms with E-state index >= 15 is 0 Å². The number of morpholine rings is 1. The minimum absolute atomic E-state index is 0.0702. The van der Waals surface area contributed by atoms with Gasteiger partial charge < -0.3 is 9.47 Å². The molecule has 1 aliphatic heterocycles. The van der Waals surface area contributed by atoms with Gasteiger partial charge in [-0.05, 0) is 30.7 Å². The summed E-state index contributed by atoms with van der Waals surface area (Å²) in [6, 6.07) is 19.5. The Morgan fingerprint density at radius 1 is 0.967 bits per heavy atom. The van der Waals surface area contributed by atoms with E-state index in [0.29, 0.717) is 18.7 Å². The third-order valence-electron chi connectivity index (χ3n) is 5.23. The molecule has 6 heteroatoms. The molecule has 1 aromatic heterocycles. The number of rotatable bonds is 7. The van der Waals surface area contributed by atoms with Crippen LogP contribution in [-0.4, -0.2) is 54.1 Å². The van der Waals surface area contributed by atoms with Gasteiger partial charge >= 0.3 is 0 Å². The molecule has 0 radical (unpaired) electrons. The summed E-state index contributed by atoms with van der Waals surface area (Å²) in [6.45, 7) is 7.12. The Morgan fingerprint density at radius 3 is 2.50 bits per heavy atom. The van der Waals surface area contributed by atoms with Crippen LogP contribution in [-0.2, 0) is 11.3 Å². The number of benzene rings is 2. The highest BCUT2D eigenvalue weighted by molar-refractivity contribution is 5.70. The van der Waals surface area contributed by atoms with Gasteiger partial charge in [-0.25, -0.2) is 4.68 Å². The highest BCUT2D eigenvalue weighted by atomic mass is 16.5. The largest absolute Gasteiger partial charge is 0.494 e. The lowest BCUT2D eigenvalue weighted by atomic mass is 10.0. The molecule has 4 rings (SSSR count). The lowest BCUT2D eigenvalue weighted by molar-refractivity contribution is 0.0358. The van der Waals surface area contributed by atoms with E-state index in [1.165, 1.54) is 0 Å². The average molecular weight is 405 g/mol. The highest BCUT2D eigenvalue weighted by Crippen LogP contribution is 2.25. The van der Waals surface area contributed by atoms with E-state index in [4.69, 9.17) is 14.6 Å². The van der Waals surface area contributed by atoms with Crippen LogP contribution < -0.4 is 10.3 Å². The summed E-state index contributed by atoms with van der Waals surface area (Å²) in [7, 11) is 0. The Bertz CT molecular complexity index is 1030.